The minimum atomic E-state index is -0.476. The van der Waals surface area contributed by atoms with Crippen LogP contribution in [0.15, 0.2) is 18.2 Å². The molecule has 1 aliphatic rings. The van der Waals surface area contributed by atoms with E-state index in [2.05, 4.69) is 5.32 Å². The molecular formula is C16H23FN2O3. The molecule has 1 fully saturated rings. The molecule has 0 atom stereocenters. The van der Waals surface area contributed by atoms with Gasteiger partial charge in [-0.25, -0.2) is 9.18 Å². The van der Waals surface area contributed by atoms with E-state index in [1.165, 1.54) is 13.2 Å². The van der Waals surface area contributed by atoms with E-state index in [1.807, 2.05) is 26.8 Å². The summed E-state index contributed by atoms with van der Waals surface area (Å²) in [5.41, 5.74) is 0.366. The van der Waals surface area contributed by atoms with Crippen molar-refractivity contribution in [1.29, 1.82) is 0 Å². The molecule has 1 amide bonds. The molecule has 5 nitrogen and oxygen atoms in total. The van der Waals surface area contributed by atoms with Crippen molar-refractivity contribution < 1.29 is 18.7 Å². The lowest BCUT2D eigenvalue weighted by molar-refractivity contribution is 0.00518. The van der Waals surface area contributed by atoms with Gasteiger partial charge in [-0.05, 0) is 38.5 Å². The maximum absolute atomic E-state index is 13.6. The molecule has 1 aromatic carbocycles. The Bertz CT molecular complexity index is 537. The highest BCUT2D eigenvalue weighted by atomic mass is 19.1. The maximum atomic E-state index is 13.6. The lowest BCUT2D eigenvalue weighted by Gasteiger charge is -2.40. The van der Waals surface area contributed by atoms with Crippen LogP contribution in [0.4, 0.5) is 9.18 Å². The van der Waals surface area contributed by atoms with Gasteiger partial charge in [0.1, 0.15) is 5.60 Å². The molecule has 22 heavy (non-hydrogen) atoms. The Morgan fingerprint density at radius 1 is 1.41 bits per heavy atom. The summed E-state index contributed by atoms with van der Waals surface area (Å²) in [5.74, 6) is -0.130. The number of ether oxygens (including phenoxy) is 2. The second kappa shape index (κ2) is 6.52. The van der Waals surface area contributed by atoms with E-state index in [1.54, 1.807) is 11.0 Å². The lowest BCUT2D eigenvalue weighted by Crippen LogP contribution is -2.60. The number of carbonyl (C=O) groups excluding carboxylic acids is 1. The third kappa shape index (κ3) is 4.34. The Hall–Kier alpha value is -1.82. The van der Waals surface area contributed by atoms with Gasteiger partial charge in [0.2, 0.25) is 0 Å². The van der Waals surface area contributed by atoms with Gasteiger partial charge in [0, 0.05) is 25.7 Å². The Kier molecular flexibility index (Phi) is 4.90. The van der Waals surface area contributed by atoms with Crippen LogP contribution in [0.25, 0.3) is 0 Å². The smallest absolute Gasteiger partial charge is 0.410 e. The van der Waals surface area contributed by atoms with Crippen molar-refractivity contribution in [3.63, 3.8) is 0 Å². The predicted molar refractivity (Wildman–Crippen MR) is 81.4 cm³/mol. The Morgan fingerprint density at radius 3 is 2.64 bits per heavy atom. The van der Waals surface area contributed by atoms with E-state index >= 15 is 0 Å². The summed E-state index contributed by atoms with van der Waals surface area (Å²) in [6, 6.07) is 5.09. The number of rotatable bonds is 4. The Balaban J connectivity index is 1.74. The molecule has 6 heteroatoms. The van der Waals surface area contributed by atoms with Gasteiger partial charge in [0.15, 0.2) is 11.6 Å². The zero-order chi connectivity index (χ0) is 16.3. The molecule has 0 radical (unpaired) electrons. The highest BCUT2D eigenvalue weighted by Crippen LogP contribution is 2.19. The third-order valence-electron chi connectivity index (χ3n) is 3.34. The van der Waals surface area contributed by atoms with Crippen molar-refractivity contribution in [1.82, 2.24) is 10.2 Å². The van der Waals surface area contributed by atoms with E-state index in [9.17, 15) is 9.18 Å². The van der Waals surface area contributed by atoms with Crippen molar-refractivity contribution in [2.24, 2.45) is 0 Å². The summed E-state index contributed by atoms with van der Waals surface area (Å²) < 4.78 is 23.7. The van der Waals surface area contributed by atoms with Crippen LogP contribution in [0.2, 0.25) is 0 Å². The number of hydrogen-bond donors (Lipinski definition) is 1. The number of amides is 1. The molecule has 0 saturated carbocycles. The van der Waals surface area contributed by atoms with Gasteiger partial charge < -0.3 is 19.7 Å². The minimum absolute atomic E-state index is 0.206. The second-order valence-corrected chi connectivity index (χ2v) is 6.43. The van der Waals surface area contributed by atoms with Crippen LogP contribution in [0.5, 0.6) is 5.75 Å². The molecule has 2 rings (SSSR count). The van der Waals surface area contributed by atoms with Gasteiger partial charge >= 0.3 is 6.09 Å². The van der Waals surface area contributed by atoms with Crippen LogP contribution < -0.4 is 10.1 Å². The standard InChI is InChI=1S/C16H23FN2O3/c1-16(2,3)22-15(20)19-9-12(10-19)18-8-11-5-6-14(21-4)13(17)7-11/h5-7,12,18H,8-10H2,1-4H3. The number of hydrogen-bond acceptors (Lipinski definition) is 4. The zero-order valence-electron chi connectivity index (χ0n) is 13.5. The second-order valence-electron chi connectivity index (χ2n) is 6.43. The molecule has 122 valence electrons. The van der Waals surface area contributed by atoms with Gasteiger partial charge in [-0.1, -0.05) is 6.07 Å². The summed E-state index contributed by atoms with van der Waals surface area (Å²) in [6.45, 7) is 7.30. The maximum Gasteiger partial charge on any atom is 0.410 e. The molecule has 0 unspecified atom stereocenters. The average Bonchev–Trinajstić information content (AvgIpc) is 2.34. The molecular weight excluding hydrogens is 287 g/mol. The first-order chi connectivity index (χ1) is 10.3. The molecule has 0 aliphatic carbocycles. The largest absolute Gasteiger partial charge is 0.494 e. The van der Waals surface area contributed by atoms with Gasteiger partial charge in [-0.2, -0.15) is 0 Å². The van der Waals surface area contributed by atoms with Crippen molar-refractivity contribution in [2.45, 2.75) is 39.0 Å². The first-order valence-corrected chi connectivity index (χ1v) is 7.32. The summed E-state index contributed by atoms with van der Waals surface area (Å²) in [7, 11) is 1.44. The third-order valence-corrected chi connectivity index (χ3v) is 3.34. The van der Waals surface area contributed by atoms with Crippen molar-refractivity contribution in [3.8, 4) is 5.75 Å². The summed E-state index contributed by atoms with van der Waals surface area (Å²) >= 11 is 0. The SMILES string of the molecule is COc1ccc(CNC2CN(C(=O)OC(C)(C)C)C2)cc1F. The zero-order valence-corrected chi connectivity index (χ0v) is 13.5. The quantitative estimate of drug-likeness (QED) is 0.928. The number of halogens is 1. The average molecular weight is 310 g/mol. The van der Waals surface area contributed by atoms with E-state index in [0.717, 1.165) is 5.56 Å². The van der Waals surface area contributed by atoms with E-state index in [-0.39, 0.29) is 23.7 Å². The van der Waals surface area contributed by atoms with Crippen LogP contribution in [0.3, 0.4) is 0 Å². The predicted octanol–water partition coefficient (Wildman–Crippen LogP) is 2.54. The monoisotopic (exact) mass is 310 g/mol. The molecule has 1 N–H and O–H groups in total. The number of likely N-dealkylation sites (tertiary alicyclic amines) is 1. The fourth-order valence-electron chi connectivity index (χ4n) is 2.17. The molecule has 0 bridgehead atoms. The van der Waals surface area contributed by atoms with Crippen molar-refractivity contribution >= 4 is 6.09 Å². The fourth-order valence-corrected chi connectivity index (χ4v) is 2.17. The number of benzene rings is 1. The highest BCUT2D eigenvalue weighted by Gasteiger charge is 2.33. The van der Waals surface area contributed by atoms with Gasteiger partial charge in [0.05, 0.1) is 7.11 Å². The summed E-state index contributed by atoms with van der Waals surface area (Å²) in [4.78, 5) is 13.4. The van der Waals surface area contributed by atoms with Crippen molar-refractivity contribution in [2.75, 3.05) is 20.2 Å². The number of methoxy groups -OCH3 is 1. The number of carbonyl (C=O) groups is 1. The number of nitrogens with zero attached hydrogens (tertiary/aromatic N) is 1. The normalized spacial score (nSPS) is 15.4. The minimum Gasteiger partial charge on any atom is -0.494 e. The Morgan fingerprint density at radius 2 is 2.09 bits per heavy atom. The van der Waals surface area contributed by atoms with Crippen LogP contribution in [0, 0.1) is 5.82 Å². The molecule has 1 aliphatic heterocycles. The van der Waals surface area contributed by atoms with E-state index in [4.69, 9.17) is 9.47 Å². The van der Waals surface area contributed by atoms with E-state index in [0.29, 0.717) is 19.6 Å². The molecule has 0 spiro atoms. The summed E-state index contributed by atoms with van der Waals surface area (Å²) in [6.07, 6.45) is -0.291. The van der Waals surface area contributed by atoms with Crippen molar-refractivity contribution in [3.05, 3.63) is 29.6 Å². The van der Waals surface area contributed by atoms with Crippen LogP contribution in [-0.2, 0) is 11.3 Å². The molecule has 1 heterocycles. The van der Waals surface area contributed by atoms with Crippen LogP contribution in [-0.4, -0.2) is 42.8 Å². The molecule has 1 aromatic rings. The summed E-state index contributed by atoms with van der Waals surface area (Å²) in [5, 5.41) is 3.29. The number of nitrogens with one attached hydrogen (secondary N) is 1. The first-order valence-electron chi connectivity index (χ1n) is 7.32. The van der Waals surface area contributed by atoms with Crippen LogP contribution >= 0.6 is 0 Å². The van der Waals surface area contributed by atoms with E-state index < -0.39 is 5.60 Å². The topological polar surface area (TPSA) is 50.8 Å². The first kappa shape index (κ1) is 16.5. The van der Waals surface area contributed by atoms with Gasteiger partial charge in [-0.15, -0.1) is 0 Å². The van der Waals surface area contributed by atoms with Gasteiger partial charge in [-0.3, -0.25) is 0 Å². The lowest BCUT2D eigenvalue weighted by atomic mass is 10.1. The van der Waals surface area contributed by atoms with Gasteiger partial charge in [0.25, 0.3) is 0 Å². The Labute approximate surface area is 130 Å². The van der Waals surface area contributed by atoms with Crippen LogP contribution in [0.1, 0.15) is 26.3 Å². The molecule has 0 aromatic heterocycles. The highest BCUT2D eigenvalue weighted by molar-refractivity contribution is 5.69. The molecule has 1 saturated heterocycles. The fraction of sp³-hybridized carbons (Fsp3) is 0.562.